The number of amides is 1. The first-order chi connectivity index (χ1) is 8.33. The van der Waals surface area contributed by atoms with E-state index in [0.717, 1.165) is 11.8 Å². The van der Waals surface area contributed by atoms with Crippen LogP contribution in [0, 0.1) is 0 Å². The Balaban J connectivity index is 1.72. The zero-order chi connectivity index (χ0) is 12.1. The number of fused-ring (bicyclic) bond motifs is 1. The van der Waals surface area contributed by atoms with Crippen LogP contribution in [-0.4, -0.2) is 31.0 Å². The molecule has 1 aromatic carbocycles. The van der Waals surface area contributed by atoms with E-state index in [4.69, 9.17) is 4.74 Å². The number of alkyl halides is 1. The second-order valence-electron chi connectivity index (χ2n) is 4.05. The van der Waals surface area contributed by atoms with Crippen LogP contribution in [0.3, 0.4) is 0 Å². The molecular weight excluding hydrogens is 282 g/mol. The third-order valence-corrected chi connectivity index (χ3v) is 3.26. The third-order valence-electron chi connectivity index (χ3n) is 2.94. The Bertz CT molecular complexity index is 395. The molecule has 1 aromatic rings. The highest BCUT2D eigenvalue weighted by molar-refractivity contribution is 9.09. The third kappa shape index (κ3) is 3.07. The molecule has 2 rings (SSSR count). The predicted molar refractivity (Wildman–Crippen MR) is 70.5 cm³/mol. The van der Waals surface area contributed by atoms with Crippen LogP contribution in [0.15, 0.2) is 24.3 Å². The second-order valence-corrected chi connectivity index (χ2v) is 4.84. The number of ether oxygens (including phenoxy) is 1. The number of benzene rings is 1. The molecule has 1 aliphatic rings. The SMILES string of the molecule is O=C(NCCOCCBr)C1Cc2ccccc21. The van der Waals surface area contributed by atoms with Gasteiger partial charge in [0.1, 0.15) is 0 Å². The van der Waals surface area contributed by atoms with Crippen LogP contribution in [0.5, 0.6) is 0 Å². The molecule has 0 fully saturated rings. The zero-order valence-corrected chi connectivity index (χ0v) is 11.2. The number of nitrogens with one attached hydrogen (secondary N) is 1. The van der Waals surface area contributed by atoms with E-state index in [2.05, 4.69) is 27.3 Å². The Morgan fingerprint density at radius 2 is 2.24 bits per heavy atom. The van der Waals surface area contributed by atoms with Gasteiger partial charge in [0.2, 0.25) is 5.91 Å². The van der Waals surface area contributed by atoms with Crippen LogP contribution in [0.1, 0.15) is 17.0 Å². The molecule has 0 saturated carbocycles. The summed E-state index contributed by atoms with van der Waals surface area (Å²) in [7, 11) is 0. The zero-order valence-electron chi connectivity index (χ0n) is 9.62. The van der Waals surface area contributed by atoms with Crippen LogP contribution in [0.4, 0.5) is 0 Å². The highest BCUT2D eigenvalue weighted by Gasteiger charge is 2.31. The lowest BCUT2D eigenvalue weighted by atomic mass is 9.77. The van der Waals surface area contributed by atoms with Crippen molar-refractivity contribution >= 4 is 21.8 Å². The Labute approximate surface area is 110 Å². The van der Waals surface area contributed by atoms with E-state index in [-0.39, 0.29) is 11.8 Å². The number of carbonyl (C=O) groups excluding carboxylic acids is 1. The fourth-order valence-corrected chi connectivity index (χ4v) is 2.25. The smallest absolute Gasteiger partial charge is 0.227 e. The van der Waals surface area contributed by atoms with Crippen molar-refractivity contribution < 1.29 is 9.53 Å². The van der Waals surface area contributed by atoms with E-state index in [1.54, 1.807) is 0 Å². The Morgan fingerprint density at radius 1 is 1.41 bits per heavy atom. The maximum absolute atomic E-state index is 11.8. The molecule has 0 bridgehead atoms. The standard InChI is InChI=1S/C13H16BrNO2/c14-5-7-17-8-6-15-13(16)12-9-10-3-1-2-4-11(10)12/h1-4,12H,5-9H2,(H,15,16). The number of carbonyl (C=O) groups is 1. The fraction of sp³-hybridized carbons (Fsp3) is 0.462. The molecule has 0 aromatic heterocycles. The van der Waals surface area contributed by atoms with Gasteiger partial charge in [-0.3, -0.25) is 4.79 Å². The molecule has 1 atom stereocenters. The quantitative estimate of drug-likeness (QED) is 0.643. The van der Waals surface area contributed by atoms with Gasteiger partial charge in [-0.05, 0) is 17.5 Å². The fourth-order valence-electron chi connectivity index (χ4n) is 2.02. The Morgan fingerprint density at radius 3 is 3.00 bits per heavy atom. The summed E-state index contributed by atoms with van der Waals surface area (Å²) < 4.78 is 5.27. The molecule has 92 valence electrons. The normalized spacial score (nSPS) is 17.1. The molecule has 0 heterocycles. The van der Waals surface area contributed by atoms with Gasteiger partial charge in [-0.25, -0.2) is 0 Å². The van der Waals surface area contributed by atoms with Crippen molar-refractivity contribution in [1.29, 1.82) is 0 Å². The van der Waals surface area contributed by atoms with Crippen molar-refractivity contribution in [2.24, 2.45) is 0 Å². The van der Waals surface area contributed by atoms with Crippen molar-refractivity contribution in [2.75, 3.05) is 25.1 Å². The number of rotatable bonds is 6. The molecule has 0 radical (unpaired) electrons. The molecule has 0 aliphatic heterocycles. The van der Waals surface area contributed by atoms with Gasteiger partial charge < -0.3 is 10.1 Å². The highest BCUT2D eigenvalue weighted by atomic mass is 79.9. The number of hydrogen-bond acceptors (Lipinski definition) is 2. The average molecular weight is 298 g/mol. The summed E-state index contributed by atoms with van der Waals surface area (Å²) in [5, 5.41) is 3.74. The molecule has 1 aliphatic carbocycles. The summed E-state index contributed by atoms with van der Waals surface area (Å²) in [6.45, 7) is 1.85. The molecule has 3 nitrogen and oxygen atoms in total. The molecule has 17 heavy (non-hydrogen) atoms. The maximum atomic E-state index is 11.8. The van der Waals surface area contributed by atoms with Gasteiger partial charge in [0.05, 0.1) is 19.1 Å². The minimum absolute atomic E-state index is 0.0439. The minimum atomic E-state index is 0.0439. The maximum Gasteiger partial charge on any atom is 0.227 e. The lowest BCUT2D eigenvalue weighted by Gasteiger charge is -2.28. The number of halogens is 1. The van der Waals surface area contributed by atoms with Crippen molar-refractivity contribution in [3.05, 3.63) is 35.4 Å². The molecule has 1 amide bonds. The number of hydrogen-bond donors (Lipinski definition) is 1. The molecule has 0 saturated heterocycles. The van der Waals surface area contributed by atoms with Gasteiger partial charge in [-0.1, -0.05) is 40.2 Å². The molecule has 0 spiro atoms. The van der Waals surface area contributed by atoms with E-state index >= 15 is 0 Å². The first kappa shape index (κ1) is 12.6. The summed E-state index contributed by atoms with van der Waals surface area (Å²) in [6.07, 6.45) is 0.865. The topological polar surface area (TPSA) is 38.3 Å². The van der Waals surface area contributed by atoms with Crippen LogP contribution in [0.25, 0.3) is 0 Å². The lowest BCUT2D eigenvalue weighted by Crippen LogP contribution is -2.37. The van der Waals surface area contributed by atoms with Crippen LogP contribution in [0.2, 0.25) is 0 Å². The molecular formula is C13H16BrNO2. The van der Waals surface area contributed by atoms with Gasteiger partial charge >= 0.3 is 0 Å². The summed E-state index contributed by atoms with van der Waals surface area (Å²) >= 11 is 3.28. The van der Waals surface area contributed by atoms with Crippen molar-refractivity contribution in [3.8, 4) is 0 Å². The van der Waals surface area contributed by atoms with Crippen LogP contribution < -0.4 is 5.32 Å². The van der Waals surface area contributed by atoms with Crippen LogP contribution in [-0.2, 0) is 16.0 Å². The van der Waals surface area contributed by atoms with Crippen molar-refractivity contribution in [2.45, 2.75) is 12.3 Å². The monoisotopic (exact) mass is 297 g/mol. The van der Waals surface area contributed by atoms with Gasteiger partial charge in [0.25, 0.3) is 0 Å². The van der Waals surface area contributed by atoms with Crippen LogP contribution >= 0.6 is 15.9 Å². The van der Waals surface area contributed by atoms with Gasteiger partial charge in [0.15, 0.2) is 0 Å². The van der Waals surface area contributed by atoms with Crippen molar-refractivity contribution in [3.63, 3.8) is 0 Å². The van der Waals surface area contributed by atoms with E-state index in [0.29, 0.717) is 19.8 Å². The molecule has 1 unspecified atom stereocenters. The van der Waals surface area contributed by atoms with Gasteiger partial charge in [-0.2, -0.15) is 0 Å². The first-order valence-electron chi connectivity index (χ1n) is 5.82. The Kier molecular flexibility index (Phi) is 4.57. The summed E-state index contributed by atoms with van der Waals surface area (Å²) in [5.41, 5.74) is 2.47. The summed E-state index contributed by atoms with van der Waals surface area (Å²) in [5.74, 6) is 0.161. The minimum Gasteiger partial charge on any atom is -0.379 e. The Hall–Kier alpha value is -0.870. The average Bonchev–Trinajstić information content (AvgIpc) is 2.30. The first-order valence-corrected chi connectivity index (χ1v) is 6.94. The highest BCUT2D eigenvalue weighted by Crippen LogP contribution is 2.34. The van der Waals surface area contributed by atoms with E-state index in [1.807, 2.05) is 18.2 Å². The lowest BCUT2D eigenvalue weighted by molar-refractivity contribution is -0.123. The molecule has 1 N–H and O–H groups in total. The summed E-state index contributed by atoms with van der Waals surface area (Å²) in [4.78, 5) is 11.8. The molecule has 4 heteroatoms. The predicted octanol–water partition coefficient (Wildman–Crippen LogP) is 1.85. The summed E-state index contributed by atoms with van der Waals surface area (Å²) in [6, 6.07) is 8.11. The van der Waals surface area contributed by atoms with Gasteiger partial charge in [-0.15, -0.1) is 0 Å². The van der Waals surface area contributed by atoms with Gasteiger partial charge in [0, 0.05) is 11.9 Å². The van der Waals surface area contributed by atoms with E-state index in [1.165, 1.54) is 11.1 Å². The van der Waals surface area contributed by atoms with Crippen molar-refractivity contribution in [1.82, 2.24) is 5.32 Å². The van der Waals surface area contributed by atoms with E-state index in [9.17, 15) is 4.79 Å². The second kappa shape index (κ2) is 6.17. The largest absolute Gasteiger partial charge is 0.379 e. The van der Waals surface area contributed by atoms with E-state index < -0.39 is 0 Å².